The molecule has 2 aromatic rings. The first-order chi connectivity index (χ1) is 9.72. The molecule has 0 radical (unpaired) electrons. The van der Waals surface area contributed by atoms with Crippen molar-refractivity contribution in [2.75, 3.05) is 0 Å². The zero-order chi connectivity index (χ0) is 14.4. The Bertz CT molecular complexity index is 678. The van der Waals surface area contributed by atoms with Gasteiger partial charge in [-0.05, 0) is 35.4 Å². The molecular weight excluding hydrogens is 270 g/mol. The summed E-state index contributed by atoms with van der Waals surface area (Å²) in [7, 11) is 0. The number of nitrogens with one attached hydrogen (secondary N) is 1. The predicted octanol–water partition coefficient (Wildman–Crippen LogP) is 3.37. The van der Waals surface area contributed by atoms with E-state index in [1.54, 1.807) is 24.3 Å². The zero-order valence-corrected chi connectivity index (χ0v) is 11.5. The maximum absolute atomic E-state index is 8.77. The molecule has 0 fully saturated rings. The van der Waals surface area contributed by atoms with Crippen LogP contribution < -0.4 is 5.32 Å². The van der Waals surface area contributed by atoms with Gasteiger partial charge in [-0.15, -0.1) is 0 Å². The number of rotatable bonds is 4. The number of benzene rings is 2. The van der Waals surface area contributed by atoms with Crippen molar-refractivity contribution >= 4 is 11.6 Å². The number of hydrogen-bond acceptors (Lipinski definition) is 3. The smallest absolute Gasteiger partial charge is 0.0992 e. The highest BCUT2D eigenvalue weighted by Crippen LogP contribution is 2.17. The summed E-state index contributed by atoms with van der Waals surface area (Å²) in [6.45, 7) is 1.33. The maximum atomic E-state index is 8.77. The number of hydrogen-bond donors (Lipinski definition) is 1. The van der Waals surface area contributed by atoms with Gasteiger partial charge >= 0.3 is 0 Å². The van der Waals surface area contributed by atoms with Crippen LogP contribution >= 0.6 is 11.6 Å². The molecule has 2 aromatic carbocycles. The topological polar surface area (TPSA) is 59.6 Å². The maximum Gasteiger partial charge on any atom is 0.0992 e. The average molecular weight is 282 g/mol. The Balaban J connectivity index is 1.93. The van der Waals surface area contributed by atoms with Crippen LogP contribution in [0.15, 0.2) is 42.5 Å². The van der Waals surface area contributed by atoms with Crippen LogP contribution in [0.4, 0.5) is 0 Å². The van der Waals surface area contributed by atoms with E-state index in [-0.39, 0.29) is 0 Å². The molecule has 4 heteroatoms. The highest BCUT2D eigenvalue weighted by Gasteiger charge is 2.02. The third-order valence-corrected chi connectivity index (χ3v) is 3.26. The molecule has 0 bridgehead atoms. The molecule has 0 aliphatic carbocycles. The van der Waals surface area contributed by atoms with Crippen LogP contribution in [0.1, 0.15) is 22.3 Å². The molecule has 0 aliphatic heterocycles. The Morgan fingerprint density at radius 3 is 2.15 bits per heavy atom. The lowest BCUT2D eigenvalue weighted by molar-refractivity contribution is 0.693. The molecular formula is C16H12ClN3. The van der Waals surface area contributed by atoms with Crippen LogP contribution in [0.3, 0.4) is 0 Å². The minimum absolute atomic E-state index is 0.561. The van der Waals surface area contributed by atoms with E-state index in [0.717, 1.165) is 11.1 Å². The molecule has 0 saturated heterocycles. The standard InChI is InChI=1S/C16H12ClN3/c17-16-7-14(9-19)5-6-15(16)11-20-10-13-3-1-12(8-18)2-4-13/h1-7,20H,10-11H2. The molecule has 0 unspecified atom stereocenters. The molecule has 0 heterocycles. The summed E-state index contributed by atoms with van der Waals surface area (Å²) in [5.41, 5.74) is 3.28. The lowest BCUT2D eigenvalue weighted by Gasteiger charge is -2.07. The minimum Gasteiger partial charge on any atom is -0.309 e. The first-order valence-electron chi connectivity index (χ1n) is 6.11. The fourth-order valence-electron chi connectivity index (χ4n) is 1.80. The van der Waals surface area contributed by atoms with E-state index in [4.69, 9.17) is 22.1 Å². The van der Waals surface area contributed by atoms with Crippen molar-refractivity contribution in [3.8, 4) is 12.1 Å². The summed E-state index contributed by atoms with van der Waals surface area (Å²) in [5, 5.41) is 21.4. The van der Waals surface area contributed by atoms with Crippen LogP contribution in [0.25, 0.3) is 0 Å². The van der Waals surface area contributed by atoms with E-state index < -0.39 is 0 Å². The van der Waals surface area contributed by atoms with Crippen LogP contribution in [0.5, 0.6) is 0 Å². The lowest BCUT2D eigenvalue weighted by Crippen LogP contribution is -2.13. The van der Waals surface area contributed by atoms with Gasteiger partial charge < -0.3 is 5.32 Å². The van der Waals surface area contributed by atoms with E-state index in [9.17, 15) is 0 Å². The van der Waals surface area contributed by atoms with Gasteiger partial charge in [0.15, 0.2) is 0 Å². The summed E-state index contributed by atoms with van der Waals surface area (Å²) < 4.78 is 0. The molecule has 3 nitrogen and oxygen atoms in total. The van der Waals surface area contributed by atoms with Crippen LogP contribution in [-0.4, -0.2) is 0 Å². The van der Waals surface area contributed by atoms with Crippen molar-refractivity contribution < 1.29 is 0 Å². The van der Waals surface area contributed by atoms with E-state index in [2.05, 4.69) is 17.5 Å². The molecule has 0 amide bonds. The highest BCUT2D eigenvalue weighted by atomic mass is 35.5. The van der Waals surface area contributed by atoms with Crippen molar-refractivity contribution in [3.63, 3.8) is 0 Å². The summed E-state index contributed by atoms with van der Waals surface area (Å²) in [4.78, 5) is 0. The minimum atomic E-state index is 0.561. The summed E-state index contributed by atoms with van der Waals surface area (Å²) in [5.74, 6) is 0. The number of nitrogens with zero attached hydrogens (tertiary/aromatic N) is 2. The Labute approximate surface area is 123 Å². The second-order valence-electron chi connectivity index (χ2n) is 4.33. The molecule has 0 spiro atoms. The summed E-state index contributed by atoms with van der Waals surface area (Å²) in [6, 6.07) is 16.9. The summed E-state index contributed by atoms with van der Waals surface area (Å²) in [6.07, 6.45) is 0. The summed E-state index contributed by atoms with van der Waals surface area (Å²) >= 11 is 6.10. The predicted molar refractivity (Wildman–Crippen MR) is 77.9 cm³/mol. The Hall–Kier alpha value is -2.33. The molecule has 2 rings (SSSR count). The quantitative estimate of drug-likeness (QED) is 0.935. The fraction of sp³-hybridized carbons (Fsp3) is 0.125. The second-order valence-corrected chi connectivity index (χ2v) is 4.74. The molecule has 0 aromatic heterocycles. The molecule has 98 valence electrons. The molecule has 0 saturated carbocycles. The fourth-order valence-corrected chi connectivity index (χ4v) is 2.05. The van der Waals surface area contributed by atoms with Crippen molar-refractivity contribution in [1.82, 2.24) is 5.32 Å². The first kappa shape index (κ1) is 14.1. The van der Waals surface area contributed by atoms with Gasteiger partial charge in [0.25, 0.3) is 0 Å². The molecule has 0 atom stereocenters. The Morgan fingerprint density at radius 1 is 0.900 bits per heavy atom. The van der Waals surface area contributed by atoms with E-state index >= 15 is 0 Å². The highest BCUT2D eigenvalue weighted by molar-refractivity contribution is 6.31. The van der Waals surface area contributed by atoms with Gasteiger partial charge in [-0.3, -0.25) is 0 Å². The van der Waals surface area contributed by atoms with E-state index in [1.165, 1.54) is 0 Å². The average Bonchev–Trinajstić information content (AvgIpc) is 2.49. The number of nitriles is 2. The second kappa shape index (κ2) is 6.73. The van der Waals surface area contributed by atoms with E-state index in [1.807, 2.05) is 18.2 Å². The van der Waals surface area contributed by atoms with Crippen molar-refractivity contribution in [2.45, 2.75) is 13.1 Å². The SMILES string of the molecule is N#Cc1ccc(CNCc2ccc(C#N)cc2Cl)cc1. The monoisotopic (exact) mass is 281 g/mol. The molecule has 0 aliphatic rings. The van der Waals surface area contributed by atoms with Crippen LogP contribution in [0.2, 0.25) is 5.02 Å². The molecule has 1 N–H and O–H groups in total. The normalized spacial score (nSPS) is 9.75. The van der Waals surface area contributed by atoms with Gasteiger partial charge in [0.05, 0.1) is 23.3 Å². The Kier molecular flexibility index (Phi) is 4.74. The van der Waals surface area contributed by atoms with E-state index in [0.29, 0.717) is 29.2 Å². The van der Waals surface area contributed by atoms with Crippen molar-refractivity contribution in [1.29, 1.82) is 10.5 Å². The molecule has 20 heavy (non-hydrogen) atoms. The van der Waals surface area contributed by atoms with Gasteiger partial charge in [0, 0.05) is 18.1 Å². The lowest BCUT2D eigenvalue weighted by atomic mass is 10.1. The third-order valence-electron chi connectivity index (χ3n) is 2.91. The van der Waals surface area contributed by atoms with Crippen LogP contribution in [0, 0.1) is 22.7 Å². The largest absolute Gasteiger partial charge is 0.309 e. The van der Waals surface area contributed by atoms with Gasteiger partial charge in [0.1, 0.15) is 0 Å². The van der Waals surface area contributed by atoms with Gasteiger partial charge in [0.2, 0.25) is 0 Å². The van der Waals surface area contributed by atoms with Crippen LogP contribution in [-0.2, 0) is 13.1 Å². The Morgan fingerprint density at radius 2 is 1.55 bits per heavy atom. The number of halogens is 1. The van der Waals surface area contributed by atoms with Crippen molar-refractivity contribution in [2.24, 2.45) is 0 Å². The van der Waals surface area contributed by atoms with Crippen molar-refractivity contribution in [3.05, 3.63) is 69.7 Å². The zero-order valence-electron chi connectivity index (χ0n) is 10.7. The van der Waals surface area contributed by atoms with Gasteiger partial charge in [-0.25, -0.2) is 0 Å². The first-order valence-corrected chi connectivity index (χ1v) is 6.49. The van der Waals surface area contributed by atoms with Gasteiger partial charge in [-0.1, -0.05) is 29.8 Å². The van der Waals surface area contributed by atoms with Gasteiger partial charge in [-0.2, -0.15) is 10.5 Å². The third kappa shape index (κ3) is 3.59.